The molecule has 3 rings (SSSR count). The number of esters is 1. The molecule has 0 fully saturated rings. The fourth-order valence-electron chi connectivity index (χ4n) is 3.74. The highest BCUT2D eigenvalue weighted by molar-refractivity contribution is 7.93. The number of benzene rings is 2. The van der Waals surface area contributed by atoms with Gasteiger partial charge in [0.2, 0.25) is 0 Å². The Kier molecular flexibility index (Phi) is 7.57. The minimum Gasteiger partial charge on any atom is -0.468 e. The van der Waals surface area contributed by atoms with Crippen molar-refractivity contribution < 1.29 is 27.9 Å². The number of nitrogens with zero attached hydrogens (tertiary/aromatic N) is 1. The lowest BCUT2D eigenvalue weighted by molar-refractivity contribution is -0.142. The predicted molar refractivity (Wildman–Crippen MR) is 135 cm³/mol. The van der Waals surface area contributed by atoms with Crippen LogP contribution in [-0.2, 0) is 26.4 Å². The molecule has 1 atom stereocenters. The normalized spacial score (nSPS) is 13.0. The number of rotatable bonds is 7. The zero-order valence-electron chi connectivity index (χ0n) is 19.8. The van der Waals surface area contributed by atoms with E-state index < -0.39 is 39.1 Å². The van der Waals surface area contributed by atoms with E-state index in [-0.39, 0.29) is 4.90 Å². The second-order valence-electron chi connectivity index (χ2n) is 8.63. The maximum Gasteiger partial charge on any atom is 0.327 e. The van der Waals surface area contributed by atoms with E-state index in [1.807, 2.05) is 13.0 Å². The first-order valence-electron chi connectivity index (χ1n) is 10.6. The number of aryl methyl sites for hydroxylation is 2. The number of aromatic nitrogens is 1. The number of sulfone groups is 1. The zero-order valence-corrected chi connectivity index (χ0v) is 22.2. The first-order chi connectivity index (χ1) is 16.3. The maximum atomic E-state index is 13.1. The minimum atomic E-state index is -4.05. The second kappa shape index (κ2) is 9.81. The second-order valence-corrected chi connectivity index (χ2v) is 11.9. The molecule has 2 N–H and O–H groups in total. The van der Waals surface area contributed by atoms with Crippen LogP contribution in [-0.4, -0.2) is 48.4 Å². The quantitative estimate of drug-likeness (QED) is 0.438. The van der Waals surface area contributed by atoms with Gasteiger partial charge in [-0.05, 0) is 56.2 Å². The largest absolute Gasteiger partial charge is 0.468 e. The van der Waals surface area contributed by atoms with Gasteiger partial charge >= 0.3 is 5.97 Å². The highest BCUT2D eigenvalue weighted by atomic mass is 35.5. The molecule has 0 saturated carbocycles. The van der Waals surface area contributed by atoms with Crippen LogP contribution in [0.15, 0.2) is 41.3 Å². The molecule has 1 heterocycles. The Morgan fingerprint density at radius 1 is 1.14 bits per heavy atom. The van der Waals surface area contributed by atoms with E-state index in [9.17, 15) is 23.1 Å². The summed E-state index contributed by atoms with van der Waals surface area (Å²) in [5, 5.41) is 14.1. The molecule has 35 heavy (non-hydrogen) atoms. The van der Waals surface area contributed by atoms with Crippen molar-refractivity contribution in [2.75, 3.05) is 13.7 Å². The fraction of sp³-hybridized carbons (Fsp3) is 0.333. The lowest BCUT2D eigenvalue weighted by Crippen LogP contribution is -2.41. The third-order valence-corrected chi connectivity index (χ3v) is 9.45. The minimum absolute atomic E-state index is 0.0877. The van der Waals surface area contributed by atoms with Gasteiger partial charge in [-0.1, -0.05) is 35.3 Å². The Labute approximate surface area is 213 Å². The molecule has 0 saturated heterocycles. The van der Waals surface area contributed by atoms with E-state index in [2.05, 4.69) is 10.1 Å². The number of hydrogen-bond acceptors (Lipinski definition) is 6. The number of methoxy groups -OCH3 is 1. The van der Waals surface area contributed by atoms with E-state index in [1.165, 1.54) is 38.1 Å². The third kappa shape index (κ3) is 4.65. The van der Waals surface area contributed by atoms with Gasteiger partial charge in [-0.2, -0.15) is 0 Å². The summed E-state index contributed by atoms with van der Waals surface area (Å²) in [6.07, 6.45) is 0. The molecule has 0 aliphatic carbocycles. The molecule has 0 spiro atoms. The van der Waals surface area contributed by atoms with E-state index in [0.29, 0.717) is 26.7 Å². The SMILES string of the molecule is COC(=O)C(C)(C)S(=O)(=O)c1ccc(C(CO)NC(=O)c2cc3c(Cl)c(Cl)c(C)cc3n2C)cc1. The molecule has 8 nitrogen and oxygen atoms in total. The highest BCUT2D eigenvalue weighted by Crippen LogP contribution is 2.35. The van der Waals surface area contributed by atoms with Crippen LogP contribution in [0.5, 0.6) is 0 Å². The molecule has 0 aliphatic heterocycles. The van der Waals surface area contributed by atoms with Crippen molar-refractivity contribution in [1.82, 2.24) is 9.88 Å². The molecule has 1 unspecified atom stereocenters. The molecule has 0 aliphatic rings. The van der Waals surface area contributed by atoms with Gasteiger partial charge in [0.1, 0.15) is 5.69 Å². The van der Waals surface area contributed by atoms with Crippen molar-refractivity contribution in [3.8, 4) is 0 Å². The van der Waals surface area contributed by atoms with Gasteiger partial charge in [0.25, 0.3) is 5.91 Å². The summed E-state index contributed by atoms with van der Waals surface area (Å²) in [7, 11) is -1.21. The third-order valence-electron chi connectivity index (χ3n) is 6.07. The summed E-state index contributed by atoms with van der Waals surface area (Å²) in [5.41, 5.74) is 2.29. The number of halogens is 2. The van der Waals surface area contributed by atoms with Crippen molar-refractivity contribution in [2.24, 2.45) is 7.05 Å². The Morgan fingerprint density at radius 3 is 2.29 bits per heavy atom. The van der Waals surface area contributed by atoms with Crippen LogP contribution in [0.4, 0.5) is 0 Å². The molecule has 1 amide bonds. The van der Waals surface area contributed by atoms with Gasteiger partial charge in [-0.25, -0.2) is 8.42 Å². The number of fused-ring (bicyclic) bond motifs is 1. The summed E-state index contributed by atoms with van der Waals surface area (Å²) < 4.78 is 30.4. The lowest BCUT2D eigenvalue weighted by Gasteiger charge is -2.22. The average molecular weight is 541 g/mol. The van der Waals surface area contributed by atoms with Gasteiger partial charge in [0.05, 0.1) is 40.2 Å². The first kappa shape index (κ1) is 27.0. The van der Waals surface area contributed by atoms with Crippen LogP contribution in [0.25, 0.3) is 10.9 Å². The predicted octanol–water partition coefficient (Wildman–Crippen LogP) is 3.98. The van der Waals surface area contributed by atoms with Crippen molar-refractivity contribution in [3.05, 3.63) is 63.3 Å². The van der Waals surface area contributed by atoms with Crippen LogP contribution in [0.2, 0.25) is 10.0 Å². The molecular weight excluding hydrogens is 515 g/mol. The Hall–Kier alpha value is -2.59. The number of ether oxygens (including phenoxy) is 1. The van der Waals surface area contributed by atoms with Crippen LogP contribution in [0.1, 0.15) is 41.5 Å². The topological polar surface area (TPSA) is 115 Å². The fourth-order valence-corrected chi connectivity index (χ4v) is 5.59. The smallest absolute Gasteiger partial charge is 0.327 e. The standard InChI is InChI=1S/C24H26Cl2N2O6S/c1-13-10-18-16(21(26)20(13)25)11-19(28(18)4)22(30)27-17(12-29)14-6-8-15(9-7-14)35(32,33)24(2,3)23(31)34-5/h6-11,17,29H,12H2,1-5H3,(H,27,30). The monoisotopic (exact) mass is 540 g/mol. The highest BCUT2D eigenvalue weighted by Gasteiger charge is 2.44. The molecule has 11 heteroatoms. The van der Waals surface area contributed by atoms with Crippen LogP contribution in [0.3, 0.4) is 0 Å². The van der Waals surface area contributed by atoms with Gasteiger partial charge in [0.15, 0.2) is 14.6 Å². The van der Waals surface area contributed by atoms with Crippen LogP contribution in [0, 0.1) is 6.92 Å². The molecule has 1 aromatic heterocycles. The molecule has 188 valence electrons. The van der Waals surface area contributed by atoms with Crippen LogP contribution < -0.4 is 5.32 Å². The molecule has 0 radical (unpaired) electrons. The summed E-state index contributed by atoms with van der Waals surface area (Å²) in [4.78, 5) is 25.0. The molecular formula is C24H26Cl2N2O6S. The van der Waals surface area contributed by atoms with E-state index in [0.717, 1.165) is 18.2 Å². The summed E-state index contributed by atoms with van der Waals surface area (Å²) in [6.45, 7) is 3.92. The Morgan fingerprint density at radius 2 is 1.74 bits per heavy atom. The van der Waals surface area contributed by atoms with E-state index in [1.54, 1.807) is 17.7 Å². The van der Waals surface area contributed by atoms with E-state index in [4.69, 9.17) is 23.2 Å². The van der Waals surface area contributed by atoms with Gasteiger partial charge in [-0.15, -0.1) is 0 Å². The number of aliphatic hydroxyl groups is 1. The van der Waals surface area contributed by atoms with Gasteiger partial charge in [0, 0.05) is 12.4 Å². The van der Waals surface area contributed by atoms with Crippen molar-refractivity contribution in [1.29, 1.82) is 0 Å². The number of carbonyl (C=O) groups is 2. The van der Waals surface area contributed by atoms with Gasteiger partial charge in [-0.3, -0.25) is 9.59 Å². The Balaban J connectivity index is 1.89. The van der Waals surface area contributed by atoms with E-state index >= 15 is 0 Å². The number of nitrogens with one attached hydrogen (secondary N) is 1. The maximum absolute atomic E-state index is 13.1. The zero-order chi connectivity index (χ0) is 26.3. The van der Waals surface area contributed by atoms with Crippen molar-refractivity contribution >= 4 is 55.8 Å². The summed E-state index contributed by atoms with van der Waals surface area (Å²) in [5.74, 6) is -1.34. The summed E-state index contributed by atoms with van der Waals surface area (Å²) in [6, 6.07) is 8.24. The average Bonchev–Trinajstić information content (AvgIpc) is 3.16. The van der Waals surface area contributed by atoms with Crippen molar-refractivity contribution in [3.63, 3.8) is 0 Å². The molecule has 3 aromatic rings. The summed E-state index contributed by atoms with van der Waals surface area (Å²) >= 11 is 12.6. The number of hydrogen-bond donors (Lipinski definition) is 2. The number of carbonyl (C=O) groups excluding carboxylic acids is 2. The molecule has 2 aromatic carbocycles. The Bertz CT molecular complexity index is 1410. The first-order valence-corrected chi connectivity index (χ1v) is 12.8. The van der Waals surface area contributed by atoms with Crippen LogP contribution >= 0.6 is 23.2 Å². The lowest BCUT2D eigenvalue weighted by atomic mass is 10.1. The molecule has 0 bridgehead atoms. The number of aliphatic hydroxyl groups excluding tert-OH is 1. The number of amides is 1. The van der Waals surface area contributed by atoms with Gasteiger partial charge < -0.3 is 19.7 Å². The van der Waals surface area contributed by atoms with Crippen molar-refractivity contribution in [2.45, 2.75) is 36.5 Å².